The molecule has 1 aliphatic rings. The molecule has 0 atom stereocenters. The molecule has 1 heterocycles. The van der Waals surface area contributed by atoms with Crippen LogP contribution in [0.5, 0.6) is 0 Å². The molecule has 0 unspecified atom stereocenters. The SMILES string of the molecule is CC(C)c1ccccc1N(CC(=O)NCCCN1CCCC1)S(C)(=O)=O. The number of para-hydroxylation sites is 1. The van der Waals surface area contributed by atoms with E-state index in [0.717, 1.165) is 37.9 Å². The summed E-state index contributed by atoms with van der Waals surface area (Å²) in [7, 11) is -3.55. The number of hydrogen-bond acceptors (Lipinski definition) is 4. The van der Waals surface area contributed by atoms with Crippen molar-refractivity contribution in [3.63, 3.8) is 0 Å². The van der Waals surface area contributed by atoms with Crippen LogP contribution in [0.1, 0.15) is 44.6 Å². The van der Waals surface area contributed by atoms with Crippen molar-refractivity contribution >= 4 is 21.6 Å². The largest absolute Gasteiger partial charge is 0.354 e. The molecular formula is C19H31N3O3S. The van der Waals surface area contributed by atoms with Crippen molar-refractivity contribution in [1.82, 2.24) is 10.2 Å². The molecule has 1 aliphatic heterocycles. The Morgan fingerprint density at radius 2 is 1.88 bits per heavy atom. The van der Waals surface area contributed by atoms with Gasteiger partial charge in [-0.05, 0) is 56.4 Å². The summed E-state index contributed by atoms with van der Waals surface area (Å²) in [5.41, 5.74) is 1.50. The third-order valence-corrected chi connectivity index (χ3v) is 5.81. The topological polar surface area (TPSA) is 69.7 Å². The average Bonchev–Trinajstić information content (AvgIpc) is 3.09. The van der Waals surface area contributed by atoms with Gasteiger partial charge in [-0.25, -0.2) is 8.42 Å². The first-order valence-electron chi connectivity index (χ1n) is 9.34. The summed E-state index contributed by atoms with van der Waals surface area (Å²) >= 11 is 0. The van der Waals surface area contributed by atoms with Crippen LogP contribution in [-0.2, 0) is 14.8 Å². The Balaban J connectivity index is 1.96. The molecule has 1 N–H and O–H groups in total. The summed E-state index contributed by atoms with van der Waals surface area (Å²) in [5, 5.41) is 2.86. The molecule has 0 spiro atoms. The second-order valence-corrected chi connectivity index (χ2v) is 9.14. The Labute approximate surface area is 157 Å². The van der Waals surface area contributed by atoms with E-state index in [4.69, 9.17) is 0 Å². The number of benzene rings is 1. The van der Waals surface area contributed by atoms with Gasteiger partial charge in [0, 0.05) is 6.54 Å². The first-order valence-corrected chi connectivity index (χ1v) is 11.2. The van der Waals surface area contributed by atoms with E-state index in [1.807, 2.05) is 26.0 Å². The van der Waals surface area contributed by atoms with Gasteiger partial charge in [-0.1, -0.05) is 32.0 Å². The van der Waals surface area contributed by atoms with Gasteiger partial charge < -0.3 is 10.2 Å². The molecule has 26 heavy (non-hydrogen) atoms. The predicted octanol–water partition coefficient (Wildman–Crippen LogP) is 2.18. The number of nitrogens with one attached hydrogen (secondary N) is 1. The van der Waals surface area contributed by atoms with E-state index < -0.39 is 10.0 Å². The molecule has 2 rings (SSSR count). The zero-order chi connectivity index (χ0) is 19.2. The van der Waals surface area contributed by atoms with Gasteiger partial charge in [-0.3, -0.25) is 9.10 Å². The minimum absolute atomic E-state index is 0.166. The molecule has 0 bridgehead atoms. The highest BCUT2D eigenvalue weighted by Crippen LogP contribution is 2.28. The first kappa shape index (κ1) is 20.7. The van der Waals surface area contributed by atoms with Crippen molar-refractivity contribution in [2.75, 3.05) is 43.3 Å². The summed E-state index contributed by atoms with van der Waals surface area (Å²) in [5.74, 6) is -0.102. The fourth-order valence-electron chi connectivity index (χ4n) is 3.31. The summed E-state index contributed by atoms with van der Waals surface area (Å²) in [6.07, 6.45) is 4.54. The summed E-state index contributed by atoms with van der Waals surface area (Å²) in [6, 6.07) is 7.36. The quantitative estimate of drug-likeness (QED) is 0.666. The number of carbonyl (C=O) groups excluding carboxylic acids is 1. The van der Waals surface area contributed by atoms with Crippen LogP contribution in [0.25, 0.3) is 0 Å². The van der Waals surface area contributed by atoms with Crippen LogP contribution >= 0.6 is 0 Å². The molecule has 146 valence electrons. The standard InChI is InChI=1S/C19H31N3O3S/c1-16(2)17-9-4-5-10-18(17)22(26(3,24)25)15-19(23)20-11-8-14-21-12-6-7-13-21/h4-5,9-10,16H,6-8,11-15H2,1-3H3,(H,20,23). The predicted molar refractivity (Wildman–Crippen MR) is 106 cm³/mol. The Kier molecular flexibility index (Phi) is 7.46. The number of hydrogen-bond donors (Lipinski definition) is 1. The van der Waals surface area contributed by atoms with Crippen LogP contribution in [0.4, 0.5) is 5.69 Å². The average molecular weight is 382 g/mol. The van der Waals surface area contributed by atoms with Crippen molar-refractivity contribution in [2.45, 2.75) is 39.0 Å². The molecule has 0 radical (unpaired) electrons. The van der Waals surface area contributed by atoms with E-state index in [1.165, 1.54) is 17.1 Å². The maximum Gasteiger partial charge on any atom is 0.240 e. The molecule has 7 heteroatoms. The zero-order valence-electron chi connectivity index (χ0n) is 16.1. The second-order valence-electron chi connectivity index (χ2n) is 7.24. The second kappa shape index (κ2) is 9.37. The molecular weight excluding hydrogens is 350 g/mol. The fraction of sp³-hybridized carbons (Fsp3) is 0.632. The van der Waals surface area contributed by atoms with E-state index in [9.17, 15) is 13.2 Å². The Bertz CT molecular complexity index is 698. The number of likely N-dealkylation sites (tertiary alicyclic amines) is 1. The minimum Gasteiger partial charge on any atom is -0.354 e. The van der Waals surface area contributed by atoms with Gasteiger partial charge in [0.2, 0.25) is 15.9 Å². The van der Waals surface area contributed by atoms with Crippen molar-refractivity contribution in [3.05, 3.63) is 29.8 Å². The number of carbonyl (C=O) groups is 1. The maximum absolute atomic E-state index is 12.3. The van der Waals surface area contributed by atoms with E-state index in [2.05, 4.69) is 10.2 Å². The van der Waals surface area contributed by atoms with Gasteiger partial charge in [0.15, 0.2) is 0 Å². The third-order valence-electron chi connectivity index (χ3n) is 4.69. The Morgan fingerprint density at radius 1 is 1.23 bits per heavy atom. The normalized spacial score (nSPS) is 15.4. The molecule has 1 aromatic rings. The smallest absolute Gasteiger partial charge is 0.240 e. The van der Waals surface area contributed by atoms with Crippen LogP contribution in [0.2, 0.25) is 0 Å². The number of anilines is 1. The molecule has 0 aromatic heterocycles. The van der Waals surface area contributed by atoms with Crippen LogP contribution in [-0.4, -0.2) is 58.2 Å². The van der Waals surface area contributed by atoms with Gasteiger partial charge in [-0.2, -0.15) is 0 Å². The number of nitrogens with zero attached hydrogens (tertiary/aromatic N) is 2. The molecule has 6 nitrogen and oxygen atoms in total. The van der Waals surface area contributed by atoms with E-state index in [0.29, 0.717) is 12.2 Å². The van der Waals surface area contributed by atoms with Gasteiger partial charge >= 0.3 is 0 Å². The van der Waals surface area contributed by atoms with Gasteiger partial charge in [-0.15, -0.1) is 0 Å². The summed E-state index contributed by atoms with van der Waals surface area (Å²) in [4.78, 5) is 14.7. The lowest BCUT2D eigenvalue weighted by Crippen LogP contribution is -2.41. The fourth-order valence-corrected chi connectivity index (χ4v) is 4.18. The van der Waals surface area contributed by atoms with Crippen molar-refractivity contribution in [2.24, 2.45) is 0 Å². The van der Waals surface area contributed by atoms with Crippen molar-refractivity contribution < 1.29 is 13.2 Å². The van der Waals surface area contributed by atoms with Crippen molar-refractivity contribution in [3.8, 4) is 0 Å². The third kappa shape index (κ3) is 5.99. The van der Waals surface area contributed by atoms with Crippen LogP contribution < -0.4 is 9.62 Å². The van der Waals surface area contributed by atoms with Gasteiger partial charge in [0.1, 0.15) is 6.54 Å². The Morgan fingerprint density at radius 3 is 2.50 bits per heavy atom. The Hall–Kier alpha value is -1.60. The maximum atomic E-state index is 12.3. The lowest BCUT2D eigenvalue weighted by Gasteiger charge is -2.25. The molecule has 1 saturated heterocycles. The minimum atomic E-state index is -3.55. The zero-order valence-corrected chi connectivity index (χ0v) is 16.9. The lowest BCUT2D eigenvalue weighted by molar-refractivity contribution is -0.119. The van der Waals surface area contributed by atoms with E-state index in [1.54, 1.807) is 12.1 Å². The summed E-state index contributed by atoms with van der Waals surface area (Å²) in [6.45, 7) is 7.66. The van der Waals surface area contributed by atoms with Gasteiger partial charge in [0.25, 0.3) is 0 Å². The molecule has 1 fully saturated rings. The molecule has 1 aromatic carbocycles. The van der Waals surface area contributed by atoms with E-state index >= 15 is 0 Å². The highest BCUT2D eigenvalue weighted by molar-refractivity contribution is 7.92. The monoisotopic (exact) mass is 381 g/mol. The van der Waals surface area contributed by atoms with Crippen molar-refractivity contribution in [1.29, 1.82) is 0 Å². The number of rotatable bonds is 9. The highest BCUT2D eigenvalue weighted by Gasteiger charge is 2.23. The number of amides is 1. The van der Waals surface area contributed by atoms with Crippen LogP contribution in [0, 0.1) is 0 Å². The number of sulfonamides is 1. The van der Waals surface area contributed by atoms with E-state index in [-0.39, 0.29) is 18.4 Å². The first-order chi connectivity index (χ1) is 12.3. The molecule has 1 amide bonds. The highest BCUT2D eigenvalue weighted by atomic mass is 32.2. The molecule has 0 saturated carbocycles. The summed E-state index contributed by atoms with van der Waals surface area (Å²) < 4.78 is 25.8. The van der Waals surface area contributed by atoms with Gasteiger partial charge in [0.05, 0.1) is 11.9 Å². The lowest BCUT2D eigenvalue weighted by atomic mass is 10.0. The molecule has 0 aliphatic carbocycles. The van der Waals surface area contributed by atoms with Crippen LogP contribution in [0.3, 0.4) is 0 Å². The van der Waals surface area contributed by atoms with Crippen LogP contribution in [0.15, 0.2) is 24.3 Å².